The van der Waals surface area contributed by atoms with E-state index < -0.39 is 0 Å². The summed E-state index contributed by atoms with van der Waals surface area (Å²) in [6.07, 6.45) is 7.29. The molecule has 3 nitrogen and oxygen atoms in total. The molecule has 3 heteroatoms. The Bertz CT molecular complexity index is 305. The zero-order chi connectivity index (χ0) is 8.67. The van der Waals surface area contributed by atoms with E-state index in [1.165, 1.54) is 31.4 Å². The molecule has 2 heterocycles. The van der Waals surface area contributed by atoms with E-state index in [2.05, 4.69) is 21.2 Å². The maximum atomic E-state index is 4.42. The SMILES string of the molecule is c1cc2n(n1)C1CCCCC1NC2. The van der Waals surface area contributed by atoms with Gasteiger partial charge in [-0.2, -0.15) is 5.10 Å². The molecule has 3 rings (SSSR count). The van der Waals surface area contributed by atoms with Gasteiger partial charge in [0.25, 0.3) is 0 Å². The highest BCUT2D eigenvalue weighted by molar-refractivity contribution is 5.07. The Kier molecular flexibility index (Phi) is 1.65. The topological polar surface area (TPSA) is 29.9 Å². The van der Waals surface area contributed by atoms with Gasteiger partial charge in [-0.05, 0) is 18.9 Å². The lowest BCUT2D eigenvalue weighted by Gasteiger charge is -2.37. The minimum Gasteiger partial charge on any atom is -0.306 e. The predicted molar refractivity (Wildman–Crippen MR) is 50.4 cm³/mol. The molecular formula is C10H15N3. The van der Waals surface area contributed by atoms with Gasteiger partial charge in [0.1, 0.15) is 0 Å². The number of hydrogen-bond donors (Lipinski definition) is 1. The number of rotatable bonds is 0. The normalized spacial score (nSPS) is 32.3. The summed E-state index contributed by atoms with van der Waals surface area (Å²) in [5, 5.41) is 8.02. The van der Waals surface area contributed by atoms with Gasteiger partial charge in [-0.1, -0.05) is 12.8 Å². The lowest BCUT2D eigenvalue weighted by molar-refractivity contribution is 0.213. The van der Waals surface area contributed by atoms with Crippen LogP contribution in [0.1, 0.15) is 37.4 Å². The van der Waals surface area contributed by atoms with Crippen LogP contribution in [-0.4, -0.2) is 15.8 Å². The zero-order valence-electron chi connectivity index (χ0n) is 7.74. The second-order valence-corrected chi connectivity index (χ2v) is 4.11. The predicted octanol–water partition coefficient (Wildman–Crippen LogP) is 1.47. The lowest BCUT2D eigenvalue weighted by Crippen LogP contribution is -2.44. The first-order valence-corrected chi connectivity index (χ1v) is 5.21. The molecule has 0 bridgehead atoms. The average Bonchev–Trinajstić information content (AvgIpc) is 2.65. The van der Waals surface area contributed by atoms with Crippen LogP contribution in [0.15, 0.2) is 12.3 Å². The molecule has 1 aliphatic carbocycles. The molecule has 1 saturated carbocycles. The van der Waals surface area contributed by atoms with Crippen LogP contribution in [0.2, 0.25) is 0 Å². The van der Waals surface area contributed by atoms with Gasteiger partial charge in [0.15, 0.2) is 0 Å². The first kappa shape index (κ1) is 7.56. The highest BCUT2D eigenvalue weighted by Gasteiger charge is 2.31. The molecule has 1 aromatic heterocycles. The summed E-state index contributed by atoms with van der Waals surface area (Å²) in [4.78, 5) is 0. The number of nitrogens with one attached hydrogen (secondary N) is 1. The fraction of sp³-hybridized carbons (Fsp3) is 0.700. The summed E-state index contributed by atoms with van der Waals surface area (Å²) in [7, 11) is 0. The quantitative estimate of drug-likeness (QED) is 0.650. The number of fused-ring (bicyclic) bond motifs is 3. The van der Waals surface area contributed by atoms with Crippen LogP contribution in [0.25, 0.3) is 0 Å². The standard InChI is InChI=1S/C10H15N3/c1-2-4-10-9(3-1)11-7-8-5-6-12-13(8)10/h5-6,9-11H,1-4,7H2. The fourth-order valence-corrected chi connectivity index (χ4v) is 2.66. The minimum atomic E-state index is 0.632. The van der Waals surface area contributed by atoms with Crippen molar-refractivity contribution in [3.05, 3.63) is 18.0 Å². The first-order chi connectivity index (χ1) is 6.45. The minimum absolute atomic E-state index is 0.632. The van der Waals surface area contributed by atoms with Gasteiger partial charge in [0, 0.05) is 18.8 Å². The van der Waals surface area contributed by atoms with Crippen LogP contribution >= 0.6 is 0 Å². The molecule has 13 heavy (non-hydrogen) atoms. The highest BCUT2D eigenvalue weighted by Crippen LogP contribution is 2.31. The second-order valence-electron chi connectivity index (χ2n) is 4.11. The number of nitrogens with zero attached hydrogens (tertiary/aromatic N) is 2. The van der Waals surface area contributed by atoms with E-state index in [1.54, 1.807) is 0 Å². The summed E-state index contributed by atoms with van der Waals surface area (Å²) < 4.78 is 2.24. The van der Waals surface area contributed by atoms with E-state index in [1.807, 2.05) is 6.20 Å². The van der Waals surface area contributed by atoms with Gasteiger partial charge >= 0.3 is 0 Å². The van der Waals surface area contributed by atoms with Crippen molar-refractivity contribution >= 4 is 0 Å². The van der Waals surface area contributed by atoms with Gasteiger partial charge in [-0.15, -0.1) is 0 Å². The van der Waals surface area contributed by atoms with Crippen LogP contribution < -0.4 is 5.32 Å². The molecule has 0 amide bonds. The third-order valence-corrected chi connectivity index (χ3v) is 3.34. The van der Waals surface area contributed by atoms with Crippen molar-refractivity contribution in [1.82, 2.24) is 15.1 Å². The summed E-state index contributed by atoms with van der Waals surface area (Å²) in [5.41, 5.74) is 1.35. The zero-order valence-corrected chi connectivity index (χ0v) is 7.74. The van der Waals surface area contributed by atoms with Crippen LogP contribution in [0.5, 0.6) is 0 Å². The van der Waals surface area contributed by atoms with Crippen LogP contribution in [-0.2, 0) is 6.54 Å². The van der Waals surface area contributed by atoms with Gasteiger partial charge in [-0.25, -0.2) is 0 Å². The molecular weight excluding hydrogens is 162 g/mol. The second kappa shape index (κ2) is 2.84. The van der Waals surface area contributed by atoms with Crippen molar-refractivity contribution in [3.63, 3.8) is 0 Å². The Morgan fingerprint density at radius 2 is 2.31 bits per heavy atom. The lowest BCUT2D eigenvalue weighted by atomic mass is 9.89. The van der Waals surface area contributed by atoms with Crippen LogP contribution in [0, 0.1) is 0 Å². The van der Waals surface area contributed by atoms with E-state index >= 15 is 0 Å². The monoisotopic (exact) mass is 177 g/mol. The van der Waals surface area contributed by atoms with E-state index in [0.29, 0.717) is 12.1 Å². The average molecular weight is 177 g/mol. The summed E-state index contributed by atoms with van der Waals surface area (Å²) in [6.45, 7) is 1.00. The van der Waals surface area contributed by atoms with Crippen LogP contribution in [0.3, 0.4) is 0 Å². The maximum Gasteiger partial charge on any atom is 0.0676 e. The molecule has 2 aliphatic rings. The van der Waals surface area contributed by atoms with Crippen molar-refractivity contribution in [2.45, 2.75) is 44.3 Å². The van der Waals surface area contributed by atoms with Gasteiger partial charge < -0.3 is 5.32 Å². The number of hydrogen-bond acceptors (Lipinski definition) is 2. The Hall–Kier alpha value is -0.830. The Morgan fingerprint density at radius 1 is 1.38 bits per heavy atom. The molecule has 0 aromatic carbocycles. The van der Waals surface area contributed by atoms with Crippen molar-refractivity contribution in [1.29, 1.82) is 0 Å². The van der Waals surface area contributed by atoms with E-state index in [-0.39, 0.29) is 0 Å². The van der Waals surface area contributed by atoms with Gasteiger partial charge in [-0.3, -0.25) is 4.68 Å². The maximum absolute atomic E-state index is 4.42. The third-order valence-electron chi connectivity index (χ3n) is 3.34. The van der Waals surface area contributed by atoms with Crippen molar-refractivity contribution in [2.24, 2.45) is 0 Å². The van der Waals surface area contributed by atoms with E-state index in [4.69, 9.17) is 0 Å². The Morgan fingerprint density at radius 3 is 3.31 bits per heavy atom. The van der Waals surface area contributed by atoms with Gasteiger partial charge in [0.2, 0.25) is 0 Å². The van der Waals surface area contributed by atoms with Crippen molar-refractivity contribution < 1.29 is 0 Å². The molecule has 0 spiro atoms. The third kappa shape index (κ3) is 1.10. The molecule has 0 saturated heterocycles. The fourth-order valence-electron chi connectivity index (χ4n) is 2.66. The van der Waals surface area contributed by atoms with E-state index in [0.717, 1.165) is 6.54 Å². The Balaban J connectivity index is 1.97. The molecule has 2 unspecified atom stereocenters. The van der Waals surface area contributed by atoms with E-state index in [9.17, 15) is 0 Å². The smallest absolute Gasteiger partial charge is 0.0676 e. The summed E-state index contributed by atoms with van der Waals surface area (Å²) in [6, 6.07) is 3.44. The van der Waals surface area contributed by atoms with Crippen LogP contribution in [0.4, 0.5) is 0 Å². The van der Waals surface area contributed by atoms with Crippen molar-refractivity contribution in [2.75, 3.05) is 0 Å². The molecule has 1 aliphatic heterocycles. The highest BCUT2D eigenvalue weighted by atomic mass is 15.3. The largest absolute Gasteiger partial charge is 0.306 e. The molecule has 70 valence electrons. The van der Waals surface area contributed by atoms with Crippen molar-refractivity contribution in [3.8, 4) is 0 Å². The summed E-state index contributed by atoms with van der Waals surface area (Å²) >= 11 is 0. The Labute approximate surface area is 78.1 Å². The molecule has 1 N–H and O–H groups in total. The first-order valence-electron chi connectivity index (χ1n) is 5.21. The summed E-state index contributed by atoms with van der Waals surface area (Å²) in [5.74, 6) is 0. The molecule has 2 atom stereocenters. The molecule has 1 fully saturated rings. The molecule has 1 aromatic rings. The van der Waals surface area contributed by atoms with Gasteiger partial charge in [0.05, 0.1) is 11.7 Å². The number of aromatic nitrogens is 2. The molecule has 0 radical (unpaired) electrons.